The van der Waals surface area contributed by atoms with Crippen molar-refractivity contribution >= 4 is 19.8 Å². The van der Waals surface area contributed by atoms with Gasteiger partial charge in [0.25, 0.3) is 0 Å². The predicted octanol–water partition coefficient (Wildman–Crippen LogP) is 8.11. The SMILES string of the molecule is CC/C=C\CCCCCCCCCC(=O)O[C@H](COC(=O)CCCCCCCCCCCCC)COP(=O)(O)OC[C@@H](O)CO. The minimum Gasteiger partial charge on any atom is -0.462 e. The van der Waals surface area contributed by atoms with Gasteiger partial charge in [0, 0.05) is 12.8 Å². The lowest BCUT2D eigenvalue weighted by atomic mass is 10.1. The number of carbonyl (C=O) groups excluding carboxylic acids is 2. The molecule has 0 aliphatic rings. The molecule has 0 saturated carbocycles. The number of hydrogen-bond acceptors (Lipinski definition) is 9. The Labute approximate surface area is 273 Å². The van der Waals surface area contributed by atoms with Gasteiger partial charge in [0.1, 0.15) is 12.7 Å². The summed E-state index contributed by atoms with van der Waals surface area (Å²) >= 11 is 0. The summed E-state index contributed by atoms with van der Waals surface area (Å²) in [6, 6.07) is 0. The first-order chi connectivity index (χ1) is 21.7. The molecule has 11 heteroatoms. The van der Waals surface area contributed by atoms with Crippen LogP contribution in [0, 0.1) is 0 Å². The van der Waals surface area contributed by atoms with Crippen LogP contribution in [-0.2, 0) is 32.7 Å². The monoisotopic (exact) mass is 664 g/mol. The number of phosphoric acid groups is 1. The molecule has 0 radical (unpaired) electrons. The van der Waals surface area contributed by atoms with Gasteiger partial charge in [0.05, 0.1) is 19.8 Å². The van der Waals surface area contributed by atoms with E-state index in [4.69, 9.17) is 19.1 Å². The molecule has 0 aliphatic heterocycles. The standard InChI is InChI=1S/C34H65O10P/c1-3-5-7-9-11-13-15-17-19-21-23-25-33(37)41-29-32(30-43-45(39,40)42-28-31(36)27-35)44-34(38)26-24-22-20-18-16-14-12-10-8-6-4-2/h6,8,31-32,35-36H,3-5,7,9-30H2,1-2H3,(H,39,40)/b8-6-/t31-,32+/m0/s1. The van der Waals surface area contributed by atoms with Gasteiger partial charge in [-0.15, -0.1) is 0 Å². The minimum atomic E-state index is -4.60. The Hall–Kier alpha value is -1.29. The zero-order chi connectivity index (χ0) is 33.4. The number of aliphatic hydroxyl groups is 2. The van der Waals surface area contributed by atoms with E-state index in [0.29, 0.717) is 12.8 Å². The second kappa shape index (κ2) is 31.3. The molecule has 0 rings (SSSR count). The molecule has 45 heavy (non-hydrogen) atoms. The van der Waals surface area contributed by atoms with Crippen molar-refractivity contribution in [3.8, 4) is 0 Å². The fraction of sp³-hybridized carbons (Fsp3) is 0.882. The summed E-state index contributed by atoms with van der Waals surface area (Å²) in [5.41, 5.74) is 0. The highest BCUT2D eigenvalue weighted by Crippen LogP contribution is 2.43. The number of aliphatic hydroxyl groups excluding tert-OH is 2. The third-order valence-electron chi connectivity index (χ3n) is 7.43. The van der Waals surface area contributed by atoms with Crippen molar-refractivity contribution in [2.24, 2.45) is 0 Å². The Morgan fingerprint density at radius 2 is 1.16 bits per heavy atom. The lowest BCUT2D eigenvalue weighted by Crippen LogP contribution is -2.29. The van der Waals surface area contributed by atoms with Gasteiger partial charge < -0.3 is 24.6 Å². The molecule has 3 N–H and O–H groups in total. The number of rotatable bonds is 33. The Kier molecular flexibility index (Phi) is 30.4. The molecule has 0 aliphatic carbocycles. The molecule has 0 bridgehead atoms. The van der Waals surface area contributed by atoms with E-state index in [1.807, 2.05) is 0 Å². The summed E-state index contributed by atoms with van der Waals surface area (Å²) in [7, 11) is -4.60. The van der Waals surface area contributed by atoms with E-state index < -0.39 is 51.8 Å². The van der Waals surface area contributed by atoms with Crippen molar-refractivity contribution in [2.45, 2.75) is 167 Å². The first kappa shape index (κ1) is 43.7. The zero-order valence-electron chi connectivity index (χ0n) is 28.3. The van der Waals surface area contributed by atoms with E-state index in [-0.39, 0.29) is 19.4 Å². The van der Waals surface area contributed by atoms with E-state index in [0.717, 1.165) is 51.4 Å². The molecule has 0 saturated heterocycles. The van der Waals surface area contributed by atoms with Crippen LogP contribution in [0.3, 0.4) is 0 Å². The Balaban J connectivity index is 4.41. The molecular formula is C34H65O10P. The van der Waals surface area contributed by atoms with Crippen LogP contribution in [0.1, 0.15) is 155 Å². The first-order valence-corrected chi connectivity index (χ1v) is 19.1. The maximum Gasteiger partial charge on any atom is 0.472 e. The normalized spacial score (nSPS) is 14.3. The predicted molar refractivity (Wildman–Crippen MR) is 178 cm³/mol. The Bertz CT molecular complexity index is 776. The first-order valence-electron chi connectivity index (χ1n) is 17.6. The molecule has 1 unspecified atom stereocenters. The van der Waals surface area contributed by atoms with Gasteiger partial charge in [-0.25, -0.2) is 4.57 Å². The van der Waals surface area contributed by atoms with Gasteiger partial charge in [-0.05, 0) is 32.1 Å². The summed E-state index contributed by atoms with van der Waals surface area (Å²) in [6.45, 7) is 2.25. The van der Waals surface area contributed by atoms with E-state index >= 15 is 0 Å². The van der Waals surface area contributed by atoms with E-state index in [1.54, 1.807) is 0 Å². The van der Waals surface area contributed by atoms with Crippen LogP contribution in [0.4, 0.5) is 0 Å². The van der Waals surface area contributed by atoms with Gasteiger partial charge >= 0.3 is 19.8 Å². The molecule has 0 fully saturated rings. The molecule has 0 aromatic rings. The number of unbranched alkanes of at least 4 members (excludes halogenated alkanes) is 17. The second-order valence-corrected chi connectivity index (χ2v) is 13.3. The number of allylic oxidation sites excluding steroid dienone is 2. The van der Waals surface area contributed by atoms with Crippen LogP contribution in [0.25, 0.3) is 0 Å². The third-order valence-corrected chi connectivity index (χ3v) is 8.38. The fourth-order valence-electron chi connectivity index (χ4n) is 4.70. The van der Waals surface area contributed by atoms with Crippen molar-refractivity contribution in [2.75, 3.05) is 26.4 Å². The molecule has 0 aromatic carbocycles. The van der Waals surface area contributed by atoms with Crippen molar-refractivity contribution in [3.05, 3.63) is 12.2 Å². The Morgan fingerprint density at radius 1 is 0.667 bits per heavy atom. The largest absolute Gasteiger partial charge is 0.472 e. The van der Waals surface area contributed by atoms with Crippen LogP contribution in [0.2, 0.25) is 0 Å². The van der Waals surface area contributed by atoms with Crippen molar-refractivity contribution < 1.29 is 47.8 Å². The van der Waals surface area contributed by atoms with E-state index in [2.05, 4.69) is 30.5 Å². The number of hydrogen-bond donors (Lipinski definition) is 3. The lowest BCUT2D eigenvalue weighted by Gasteiger charge is -2.20. The number of ether oxygens (including phenoxy) is 2. The zero-order valence-corrected chi connectivity index (χ0v) is 29.2. The second-order valence-electron chi connectivity index (χ2n) is 11.9. The maximum atomic E-state index is 12.5. The highest BCUT2D eigenvalue weighted by Gasteiger charge is 2.27. The minimum absolute atomic E-state index is 0.182. The van der Waals surface area contributed by atoms with Crippen LogP contribution in [0.5, 0.6) is 0 Å². The molecule has 266 valence electrons. The van der Waals surface area contributed by atoms with E-state index in [1.165, 1.54) is 64.2 Å². The third kappa shape index (κ3) is 31.1. The van der Waals surface area contributed by atoms with Crippen LogP contribution in [-0.4, -0.2) is 65.7 Å². The number of esters is 2. The van der Waals surface area contributed by atoms with Crippen molar-refractivity contribution in [1.82, 2.24) is 0 Å². The molecule has 10 nitrogen and oxygen atoms in total. The van der Waals surface area contributed by atoms with Crippen molar-refractivity contribution in [1.29, 1.82) is 0 Å². The summed E-state index contributed by atoms with van der Waals surface area (Å²) in [6.07, 6.45) is 24.8. The van der Waals surface area contributed by atoms with E-state index in [9.17, 15) is 24.2 Å². The number of phosphoric ester groups is 1. The highest BCUT2D eigenvalue weighted by atomic mass is 31.2. The molecule has 0 heterocycles. The molecule has 3 atom stereocenters. The van der Waals surface area contributed by atoms with Gasteiger partial charge in [0.15, 0.2) is 6.10 Å². The summed E-state index contributed by atoms with van der Waals surface area (Å²) < 4.78 is 32.5. The van der Waals surface area contributed by atoms with Gasteiger partial charge in [-0.3, -0.25) is 18.6 Å². The summed E-state index contributed by atoms with van der Waals surface area (Å²) in [5, 5.41) is 18.2. The topological polar surface area (TPSA) is 149 Å². The highest BCUT2D eigenvalue weighted by molar-refractivity contribution is 7.47. The Morgan fingerprint density at radius 3 is 1.69 bits per heavy atom. The van der Waals surface area contributed by atoms with Gasteiger partial charge in [0.2, 0.25) is 0 Å². The smallest absolute Gasteiger partial charge is 0.462 e. The number of carbonyl (C=O) groups is 2. The van der Waals surface area contributed by atoms with Gasteiger partial charge in [-0.2, -0.15) is 0 Å². The van der Waals surface area contributed by atoms with Crippen LogP contribution >= 0.6 is 7.82 Å². The lowest BCUT2D eigenvalue weighted by molar-refractivity contribution is -0.161. The van der Waals surface area contributed by atoms with Crippen molar-refractivity contribution in [3.63, 3.8) is 0 Å². The molecular weight excluding hydrogens is 599 g/mol. The summed E-state index contributed by atoms with van der Waals surface area (Å²) in [4.78, 5) is 34.6. The van der Waals surface area contributed by atoms with Crippen LogP contribution in [0.15, 0.2) is 12.2 Å². The fourth-order valence-corrected chi connectivity index (χ4v) is 5.49. The average Bonchev–Trinajstić information content (AvgIpc) is 3.02. The maximum absolute atomic E-state index is 12.5. The average molecular weight is 665 g/mol. The molecule has 0 aromatic heterocycles. The van der Waals surface area contributed by atoms with Gasteiger partial charge in [-0.1, -0.05) is 122 Å². The quantitative estimate of drug-likeness (QED) is 0.0272. The summed E-state index contributed by atoms with van der Waals surface area (Å²) in [5.74, 6) is -0.931. The molecule has 0 spiro atoms. The molecule has 0 amide bonds. The van der Waals surface area contributed by atoms with Crippen LogP contribution < -0.4 is 0 Å².